The lowest BCUT2D eigenvalue weighted by atomic mass is 9.67. The van der Waals surface area contributed by atoms with E-state index in [0.29, 0.717) is 12.0 Å². The number of nitrogens with zero attached hydrogens (tertiary/aromatic N) is 1. The van der Waals surface area contributed by atoms with Crippen molar-refractivity contribution in [1.29, 1.82) is 0 Å². The summed E-state index contributed by atoms with van der Waals surface area (Å²) in [5.74, 6) is 0. The number of aromatic nitrogens is 1. The monoisotopic (exact) mass is 220 g/mol. The summed E-state index contributed by atoms with van der Waals surface area (Å²) in [6, 6.07) is 5.98. The van der Waals surface area contributed by atoms with E-state index in [1.165, 1.54) is 19.3 Å². The van der Waals surface area contributed by atoms with E-state index in [0.717, 1.165) is 25.2 Å². The average molecular weight is 220 g/mol. The fourth-order valence-electron chi connectivity index (χ4n) is 2.39. The second-order valence-corrected chi connectivity index (χ2v) is 4.75. The van der Waals surface area contributed by atoms with Crippen LogP contribution in [0.5, 0.6) is 0 Å². The topological polar surface area (TPSA) is 45.1 Å². The van der Waals surface area contributed by atoms with Crippen molar-refractivity contribution < 1.29 is 5.11 Å². The van der Waals surface area contributed by atoms with E-state index in [1.54, 1.807) is 0 Å². The van der Waals surface area contributed by atoms with Crippen LogP contribution in [0, 0.1) is 5.41 Å². The molecule has 2 N–H and O–H groups in total. The molecule has 1 aliphatic rings. The smallest absolute Gasteiger partial charge is 0.0541 e. The van der Waals surface area contributed by atoms with Crippen LogP contribution in [-0.2, 0) is 6.54 Å². The van der Waals surface area contributed by atoms with Crippen LogP contribution in [0.2, 0.25) is 0 Å². The van der Waals surface area contributed by atoms with E-state index in [9.17, 15) is 0 Å². The fourth-order valence-corrected chi connectivity index (χ4v) is 2.39. The number of pyridine rings is 1. The molecule has 0 unspecified atom stereocenters. The van der Waals surface area contributed by atoms with Crippen LogP contribution < -0.4 is 5.32 Å². The second kappa shape index (κ2) is 5.41. The maximum absolute atomic E-state index is 9.04. The molecule has 3 nitrogen and oxygen atoms in total. The van der Waals surface area contributed by atoms with Gasteiger partial charge < -0.3 is 10.4 Å². The van der Waals surface area contributed by atoms with E-state index in [2.05, 4.69) is 10.3 Å². The first-order chi connectivity index (χ1) is 7.85. The van der Waals surface area contributed by atoms with Crippen molar-refractivity contribution in [3.8, 4) is 0 Å². The van der Waals surface area contributed by atoms with E-state index in [-0.39, 0.29) is 0 Å². The summed E-state index contributed by atoms with van der Waals surface area (Å²) in [6.07, 6.45) is 6.57. The first kappa shape index (κ1) is 11.6. The lowest BCUT2D eigenvalue weighted by Crippen LogP contribution is -2.40. The Hall–Kier alpha value is -0.930. The molecule has 2 rings (SSSR count). The van der Waals surface area contributed by atoms with E-state index in [1.807, 2.05) is 24.4 Å². The molecule has 3 heteroatoms. The third kappa shape index (κ3) is 2.80. The zero-order valence-electron chi connectivity index (χ0n) is 9.65. The minimum Gasteiger partial charge on any atom is -0.396 e. The molecular weight excluding hydrogens is 200 g/mol. The highest BCUT2D eigenvalue weighted by Crippen LogP contribution is 2.43. The predicted molar refractivity (Wildman–Crippen MR) is 63.9 cm³/mol. The molecule has 1 aliphatic carbocycles. The number of aliphatic hydroxyl groups excluding tert-OH is 1. The molecule has 0 spiro atoms. The first-order valence-electron chi connectivity index (χ1n) is 6.06. The molecule has 0 aromatic carbocycles. The van der Waals surface area contributed by atoms with Gasteiger partial charge >= 0.3 is 0 Å². The SMILES string of the molecule is OCCC1(CNCc2ccccn2)CCC1. The number of hydrogen-bond donors (Lipinski definition) is 2. The number of nitrogens with one attached hydrogen (secondary N) is 1. The van der Waals surface area contributed by atoms with Crippen LogP contribution in [-0.4, -0.2) is 23.2 Å². The molecule has 0 radical (unpaired) electrons. The Bertz CT molecular complexity index is 309. The molecule has 88 valence electrons. The van der Waals surface area contributed by atoms with Crippen molar-refractivity contribution in [2.24, 2.45) is 5.41 Å². The number of aliphatic hydroxyl groups is 1. The molecule has 1 aromatic heterocycles. The van der Waals surface area contributed by atoms with Crippen molar-refractivity contribution >= 4 is 0 Å². The van der Waals surface area contributed by atoms with Crippen molar-refractivity contribution in [1.82, 2.24) is 10.3 Å². The summed E-state index contributed by atoms with van der Waals surface area (Å²) < 4.78 is 0. The van der Waals surface area contributed by atoms with Gasteiger partial charge in [-0.15, -0.1) is 0 Å². The summed E-state index contributed by atoms with van der Waals surface area (Å²) >= 11 is 0. The molecular formula is C13H20N2O. The Morgan fingerprint density at radius 2 is 2.25 bits per heavy atom. The molecule has 0 bridgehead atoms. The molecule has 0 aliphatic heterocycles. The maximum Gasteiger partial charge on any atom is 0.0541 e. The van der Waals surface area contributed by atoms with Crippen molar-refractivity contribution in [3.63, 3.8) is 0 Å². The number of hydrogen-bond acceptors (Lipinski definition) is 3. The van der Waals surface area contributed by atoms with E-state index < -0.39 is 0 Å². The van der Waals surface area contributed by atoms with Gasteiger partial charge in [-0.3, -0.25) is 4.98 Å². The fraction of sp³-hybridized carbons (Fsp3) is 0.615. The maximum atomic E-state index is 9.04. The Balaban J connectivity index is 1.75. The zero-order chi connectivity index (χ0) is 11.3. The second-order valence-electron chi connectivity index (χ2n) is 4.75. The van der Waals surface area contributed by atoms with Gasteiger partial charge in [-0.1, -0.05) is 12.5 Å². The molecule has 1 aromatic rings. The summed E-state index contributed by atoms with van der Waals surface area (Å²) in [7, 11) is 0. The standard InChI is InChI=1S/C13H20N2O/c16-9-7-13(5-3-6-13)11-14-10-12-4-1-2-8-15-12/h1-2,4,8,14,16H,3,5-7,9-11H2. The quantitative estimate of drug-likeness (QED) is 0.767. The normalized spacial score (nSPS) is 18.1. The Kier molecular flexibility index (Phi) is 3.91. The van der Waals surface area contributed by atoms with Gasteiger partial charge in [-0.25, -0.2) is 0 Å². The van der Waals surface area contributed by atoms with Crippen LogP contribution in [0.25, 0.3) is 0 Å². The van der Waals surface area contributed by atoms with Crippen LogP contribution in [0.1, 0.15) is 31.4 Å². The third-order valence-electron chi connectivity index (χ3n) is 3.59. The van der Waals surface area contributed by atoms with Crippen molar-refractivity contribution in [3.05, 3.63) is 30.1 Å². The predicted octanol–water partition coefficient (Wildman–Crippen LogP) is 1.72. The van der Waals surface area contributed by atoms with Crippen LogP contribution >= 0.6 is 0 Å². The lowest BCUT2D eigenvalue weighted by molar-refractivity contribution is 0.0858. The Labute approximate surface area is 96.9 Å². The van der Waals surface area contributed by atoms with Gasteiger partial charge in [0, 0.05) is 25.9 Å². The molecule has 0 saturated heterocycles. The van der Waals surface area contributed by atoms with Gasteiger partial charge in [0.25, 0.3) is 0 Å². The third-order valence-corrected chi connectivity index (χ3v) is 3.59. The van der Waals surface area contributed by atoms with Gasteiger partial charge in [0.2, 0.25) is 0 Å². The lowest BCUT2D eigenvalue weighted by Gasteiger charge is -2.42. The van der Waals surface area contributed by atoms with Gasteiger partial charge in [-0.2, -0.15) is 0 Å². The van der Waals surface area contributed by atoms with Crippen LogP contribution in [0.15, 0.2) is 24.4 Å². The minimum absolute atomic E-state index is 0.311. The summed E-state index contributed by atoms with van der Waals surface area (Å²) in [5, 5.41) is 12.5. The molecule has 16 heavy (non-hydrogen) atoms. The Morgan fingerprint density at radius 1 is 1.38 bits per heavy atom. The molecule has 1 fully saturated rings. The highest BCUT2D eigenvalue weighted by atomic mass is 16.3. The Morgan fingerprint density at radius 3 is 2.81 bits per heavy atom. The molecule has 1 saturated carbocycles. The minimum atomic E-state index is 0.311. The van der Waals surface area contributed by atoms with E-state index in [4.69, 9.17) is 5.11 Å². The molecule has 0 amide bonds. The van der Waals surface area contributed by atoms with Crippen molar-refractivity contribution in [2.45, 2.75) is 32.2 Å². The van der Waals surface area contributed by atoms with Gasteiger partial charge in [0.05, 0.1) is 5.69 Å². The largest absolute Gasteiger partial charge is 0.396 e. The van der Waals surface area contributed by atoms with Crippen LogP contribution in [0.4, 0.5) is 0 Å². The van der Waals surface area contributed by atoms with Gasteiger partial charge in [0.1, 0.15) is 0 Å². The summed E-state index contributed by atoms with van der Waals surface area (Å²) in [5.41, 5.74) is 1.45. The molecule has 1 heterocycles. The first-order valence-corrected chi connectivity index (χ1v) is 6.06. The van der Waals surface area contributed by atoms with Crippen LogP contribution in [0.3, 0.4) is 0 Å². The van der Waals surface area contributed by atoms with Gasteiger partial charge in [-0.05, 0) is 36.8 Å². The van der Waals surface area contributed by atoms with E-state index >= 15 is 0 Å². The van der Waals surface area contributed by atoms with Crippen molar-refractivity contribution in [2.75, 3.05) is 13.2 Å². The number of rotatable bonds is 6. The highest BCUT2D eigenvalue weighted by Gasteiger charge is 2.35. The zero-order valence-corrected chi connectivity index (χ0v) is 9.65. The highest BCUT2D eigenvalue weighted by molar-refractivity contribution is 5.03. The summed E-state index contributed by atoms with van der Waals surface area (Å²) in [4.78, 5) is 4.28. The average Bonchev–Trinajstić information content (AvgIpc) is 2.27. The van der Waals surface area contributed by atoms with Gasteiger partial charge in [0.15, 0.2) is 0 Å². The molecule has 0 atom stereocenters. The summed E-state index contributed by atoms with van der Waals surface area (Å²) in [6.45, 7) is 2.14.